The fraction of sp³-hybridized carbons (Fsp3) is 0.0714. The van der Waals surface area contributed by atoms with E-state index < -0.39 is 0 Å². The van der Waals surface area contributed by atoms with Crippen molar-refractivity contribution in [3.05, 3.63) is 47.6 Å². The minimum atomic E-state index is -0.348. The van der Waals surface area contributed by atoms with Gasteiger partial charge in [-0.3, -0.25) is 4.79 Å². The first-order valence-corrected chi connectivity index (χ1v) is 8.13. The van der Waals surface area contributed by atoms with E-state index in [1.165, 1.54) is 35.6 Å². The molecule has 1 amide bonds. The summed E-state index contributed by atoms with van der Waals surface area (Å²) in [5.41, 5.74) is 0.539. The Morgan fingerprint density at radius 1 is 1.27 bits per heavy atom. The second kappa shape index (κ2) is 6.71. The number of nitrogens with one attached hydrogen (secondary N) is 1. The molecular formula is C14H10FN3O2S2. The van der Waals surface area contributed by atoms with E-state index in [9.17, 15) is 9.18 Å². The molecule has 5 nitrogen and oxygen atoms in total. The summed E-state index contributed by atoms with van der Waals surface area (Å²) in [6.07, 6.45) is 0. The lowest BCUT2D eigenvalue weighted by molar-refractivity contribution is -0.113. The lowest BCUT2D eigenvalue weighted by atomic mass is 10.3. The Bertz CT molecular complexity index is 757. The molecule has 2 heterocycles. The molecule has 0 radical (unpaired) electrons. The molecule has 0 aliphatic heterocycles. The fourth-order valence-electron chi connectivity index (χ4n) is 1.63. The quantitative estimate of drug-likeness (QED) is 0.721. The van der Waals surface area contributed by atoms with Gasteiger partial charge in [0, 0.05) is 5.69 Å². The molecule has 0 saturated carbocycles. The molecule has 1 N–H and O–H groups in total. The van der Waals surface area contributed by atoms with Crippen LogP contribution in [0.2, 0.25) is 0 Å². The largest absolute Gasteiger partial charge is 0.410 e. The summed E-state index contributed by atoms with van der Waals surface area (Å²) >= 11 is 2.65. The van der Waals surface area contributed by atoms with Gasteiger partial charge in [0.2, 0.25) is 5.91 Å². The van der Waals surface area contributed by atoms with Crippen molar-refractivity contribution in [1.82, 2.24) is 10.2 Å². The van der Waals surface area contributed by atoms with Crippen molar-refractivity contribution in [2.45, 2.75) is 5.22 Å². The summed E-state index contributed by atoms with van der Waals surface area (Å²) in [5, 5.41) is 12.7. The average molecular weight is 335 g/mol. The van der Waals surface area contributed by atoms with Crippen LogP contribution in [0.1, 0.15) is 0 Å². The van der Waals surface area contributed by atoms with Crippen molar-refractivity contribution < 1.29 is 13.6 Å². The van der Waals surface area contributed by atoms with Crippen LogP contribution in [-0.2, 0) is 4.79 Å². The number of halogens is 1. The minimum Gasteiger partial charge on any atom is -0.410 e. The smallest absolute Gasteiger partial charge is 0.277 e. The molecule has 0 bridgehead atoms. The number of hydrogen-bond acceptors (Lipinski definition) is 6. The maximum Gasteiger partial charge on any atom is 0.277 e. The van der Waals surface area contributed by atoms with Gasteiger partial charge in [0.05, 0.1) is 10.6 Å². The first-order valence-electron chi connectivity index (χ1n) is 6.26. The van der Waals surface area contributed by atoms with E-state index >= 15 is 0 Å². The maximum atomic E-state index is 12.8. The molecule has 3 rings (SSSR count). The highest BCUT2D eigenvalue weighted by Crippen LogP contribution is 2.26. The van der Waals surface area contributed by atoms with Gasteiger partial charge in [-0.05, 0) is 35.7 Å². The third-order valence-corrected chi connectivity index (χ3v) is 4.27. The van der Waals surface area contributed by atoms with E-state index in [0.717, 1.165) is 16.6 Å². The molecule has 0 spiro atoms. The van der Waals surface area contributed by atoms with Gasteiger partial charge >= 0.3 is 0 Å². The fourth-order valence-corrected chi connectivity index (χ4v) is 2.83. The van der Waals surface area contributed by atoms with Crippen LogP contribution < -0.4 is 5.32 Å². The normalized spacial score (nSPS) is 10.6. The number of hydrogen-bond donors (Lipinski definition) is 1. The molecule has 3 aromatic rings. The van der Waals surface area contributed by atoms with Gasteiger partial charge in [0.15, 0.2) is 0 Å². The Labute approximate surface area is 133 Å². The molecule has 0 atom stereocenters. The van der Waals surface area contributed by atoms with Gasteiger partial charge in [0.25, 0.3) is 11.1 Å². The van der Waals surface area contributed by atoms with Crippen LogP contribution in [0.4, 0.5) is 10.1 Å². The molecule has 0 aliphatic rings. The van der Waals surface area contributed by atoms with Crippen molar-refractivity contribution in [2.24, 2.45) is 0 Å². The minimum absolute atomic E-state index is 0.128. The third-order valence-electron chi connectivity index (χ3n) is 2.59. The topological polar surface area (TPSA) is 68.0 Å². The summed E-state index contributed by atoms with van der Waals surface area (Å²) in [7, 11) is 0. The number of thioether (sulfide) groups is 1. The molecule has 0 fully saturated rings. The van der Waals surface area contributed by atoms with Crippen LogP contribution in [0.5, 0.6) is 0 Å². The molecular weight excluding hydrogens is 325 g/mol. The lowest BCUT2D eigenvalue weighted by Gasteiger charge is -2.03. The highest BCUT2D eigenvalue weighted by molar-refractivity contribution is 7.99. The van der Waals surface area contributed by atoms with Crippen molar-refractivity contribution >= 4 is 34.7 Å². The second-order valence-electron chi connectivity index (χ2n) is 4.19. The molecule has 2 aromatic heterocycles. The number of carbonyl (C=O) groups excluding carboxylic acids is 1. The number of aromatic nitrogens is 2. The predicted octanol–water partition coefficient (Wildman–Crippen LogP) is 3.67. The predicted molar refractivity (Wildman–Crippen MR) is 83.4 cm³/mol. The number of amides is 1. The zero-order chi connectivity index (χ0) is 15.4. The zero-order valence-electron chi connectivity index (χ0n) is 11.2. The Morgan fingerprint density at radius 2 is 2.09 bits per heavy atom. The van der Waals surface area contributed by atoms with Crippen LogP contribution in [0, 0.1) is 5.82 Å². The number of anilines is 1. The van der Waals surface area contributed by atoms with Crippen LogP contribution in [0.3, 0.4) is 0 Å². The zero-order valence-corrected chi connectivity index (χ0v) is 12.8. The number of rotatable bonds is 5. The van der Waals surface area contributed by atoms with Crippen LogP contribution in [-0.4, -0.2) is 21.9 Å². The summed E-state index contributed by atoms with van der Waals surface area (Å²) in [6, 6.07) is 9.35. The van der Waals surface area contributed by atoms with E-state index in [1.807, 2.05) is 17.5 Å². The highest BCUT2D eigenvalue weighted by atomic mass is 32.2. The Hall–Kier alpha value is -2.19. The van der Waals surface area contributed by atoms with E-state index in [-0.39, 0.29) is 17.5 Å². The first kappa shape index (κ1) is 14.7. The van der Waals surface area contributed by atoms with Gasteiger partial charge in [-0.15, -0.1) is 21.5 Å². The van der Waals surface area contributed by atoms with E-state index in [2.05, 4.69) is 15.5 Å². The average Bonchev–Trinajstić information content (AvgIpc) is 3.18. The van der Waals surface area contributed by atoms with Gasteiger partial charge in [-0.1, -0.05) is 17.8 Å². The Morgan fingerprint density at radius 3 is 2.82 bits per heavy atom. The number of benzene rings is 1. The molecule has 8 heteroatoms. The third kappa shape index (κ3) is 3.71. The van der Waals surface area contributed by atoms with Crippen LogP contribution >= 0.6 is 23.1 Å². The van der Waals surface area contributed by atoms with Crippen molar-refractivity contribution in [3.63, 3.8) is 0 Å². The molecule has 112 valence electrons. The van der Waals surface area contributed by atoms with E-state index in [1.54, 1.807) is 0 Å². The molecule has 22 heavy (non-hydrogen) atoms. The van der Waals surface area contributed by atoms with Gasteiger partial charge in [-0.25, -0.2) is 4.39 Å². The van der Waals surface area contributed by atoms with Crippen molar-refractivity contribution in [3.8, 4) is 10.8 Å². The van der Waals surface area contributed by atoms with Gasteiger partial charge in [-0.2, -0.15) is 0 Å². The van der Waals surface area contributed by atoms with E-state index in [0.29, 0.717) is 16.8 Å². The Balaban J connectivity index is 1.54. The second-order valence-corrected chi connectivity index (χ2v) is 6.07. The molecule has 0 saturated heterocycles. The van der Waals surface area contributed by atoms with Crippen LogP contribution in [0.15, 0.2) is 51.4 Å². The summed E-state index contributed by atoms with van der Waals surface area (Å²) < 4.78 is 18.2. The number of carbonyl (C=O) groups is 1. The summed E-state index contributed by atoms with van der Waals surface area (Å²) in [4.78, 5) is 12.7. The Kier molecular flexibility index (Phi) is 4.50. The van der Waals surface area contributed by atoms with Crippen molar-refractivity contribution in [2.75, 3.05) is 11.1 Å². The molecule has 0 unspecified atom stereocenters. The number of thiophene rings is 1. The maximum absolute atomic E-state index is 12.8. The highest BCUT2D eigenvalue weighted by Gasteiger charge is 2.11. The van der Waals surface area contributed by atoms with Gasteiger partial charge in [0.1, 0.15) is 5.82 Å². The van der Waals surface area contributed by atoms with Gasteiger partial charge < -0.3 is 9.73 Å². The number of nitrogens with zero attached hydrogens (tertiary/aromatic N) is 2. The monoisotopic (exact) mass is 335 g/mol. The van der Waals surface area contributed by atoms with Crippen molar-refractivity contribution in [1.29, 1.82) is 0 Å². The standard InChI is InChI=1S/C14H10FN3O2S2/c15-9-3-5-10(6-4-9)16-12(19)8-22-14-18-17-13(20-14)11-2-1-7-21-11/h1-7H,8H2,(H,16,19). The summed E-state index contributed by atoms with van der Waals surface area (Å²) in [5.74, 6) is -0.00744. The SMILES string of the molecule is O=C(CSc1nnc(-c2cccs2)o1)Nc1ccc(F)cc1. The van der Waals surface area contributed by atoms with E-state index in [4.69, 9.17) is 4.42 Å². The molecule has 1 aromatic carbocycles. The summed E-state index contributed by atoms with van der Waals surface area (Å²) in [6.45, 7) is 0. The molecule has 0 aliphatic carbocycles. The first-order chi connectivity index (χ1) is 10.7. The lowest BCUT2D eigenvalue weighted by Crippen LogP contribution is -2.13. The van der Waals surface area contributed by atoms with Crippen LogP contribution in [0.25, 0.3) is 10.8 Å².